The number of carbonyl (C=O) groups excluding carboxylic acids is 2. The van der Waals surface area contributed by atoms with Crippen molar-refractivity contribution in [2.24, 2.45) is 0 Å². The lowest BCUT2D eigenvalue weighted by atomic mass is 10.1. The fraction of sp³-hybridized carbons (Fsp3) is 0.391. The molecule has 0 bridgehead atoms. The Hall–Kier alpha value is -1.95. The van der Waals surface area contributed by atoms with Crippen molar-refractivity contribution in [1.29, 1.82) is 0 Å². The van der Waals surface area contributed by atoms with E-state index in [4.69, 9.17) is 39.5 Å². The zero-order chi connectivity index (χ0) is 23.2. The van der Waals surface area contributed by atoms with Crippen molar-refractivity contribution in [3.05, 3.63) is 63.1 Å². The molecule has 0 aliphatic carbocycles. The number of nitrogens with one attached hydrogen (secondary N) is 1. The molecule has 0 saturated carbocycles. The fourth-order valence-corrected chi connectivity index (χ4v) is 3.71. The molecule has 0 aliphatic heterocycles. The van der Waals surface area contributed by atoms with Crippen LogP contribution in [0.4, 0.5) is 0 Å². The number of hydrogen-bond acceptors (Lipinski definition) is 3. The largest absolute Gasteiger partial charge is 0.484 e. The lowest BCUT2D eigenvalue weighted by Gasteiger charge is -2.33. The highest BCUT2D eigenvalue weighted by atomic mass is 35.5. The third kappa shape index (κ3) is 7.60. The van der Waals surface area contributed by atoms with E-state index in [0.29, 0.717) is 32.8 Å². The highest BCUT2D eigenvalue weighted by Crippen LogP contribution is 2.27. The Bertz CT molecular complexity index is 908. The van der Waals surface area contributed by atoms with E-state index in [0.717, 1.165) is 0 Å². The molecular weight excluding hydrogens is 459 g/mol. The van der Waals surface area contributed by atoms with Gasteiger partial charge in [-0.05, 0) is 57.5 Å². The van der Waals surface area contributed by atoms with Crippen LogP contribution in [-0.2, 0) is 16.1 Å². The summed E-state index contributed by atoms with van der Waals surface area (Å²) in [5, 5.41) is 4.29. The molecule has 1 atom stereocenters. The van der Waals surface area contributed by atoms with E-state index < -0.39 is 11.6 Å². The molecule has 0 aliphatic rings. The van der Waals surface area contributed by atoms with Gasteiger partial charge in [-0.2, -0.15) is 0 Å². The Morgan fingerprint density at radius 1 is 1.06 bits per heavy atom. The predicted octanol–water partition coefficient (Wildman–Crippen LogP) is 5.75. The number of hydrogen-bond donors (Lipinski definition) is 1. The summed E-state index contributed by atoms with van der Waals surface area (Å²) in [5.41, 5.74) is 0.127. The summed E-state index contributed by atoms with van der Waals surface area (Å²) in [7, 11) is 0. The molecule has 2 amide bonds. The van der Waals surface area contributed by atoms with E-state index in [-0.39, 0.29) is 25.0 Å². The predicted molar refractivity (Wildman–Crippen MR) is 126 cm³/mol. The Labute approximate surface area is 198 Å². The Morgan fingerprint density at radius 3 is 2.23 bits per heavy atom. The molecule has 0 saturated heterocycles. The first-order valence-electron chi connectivity index (χ1n) is 9.94. The van der Waals surface area contributed by atoms with Crippen molar-refractivity contribution < 1.29 is 14.3 Å². The van der Waals surface area contributed by atoms with Gasteiger partial charge in [-0.3, -0.25) is 9.59 Å². The maximum Gasteiger partial charge on any atom is 0.261 e. The van der Waals surface area contributed by atoms with Crippen molar-refractivity contribution in [2.75, 3.05) is 6.61 Å². The third-order valence-electron chi connectivity index (χ3n) is 4.43. The van der Waals surface area contributed by atoms with Gasteiger partial charge in [0.05, 0.1) is 0 Å². The summed E-state index contributed by atoms with van der Waals surface area (Å²) in [4.78, 5) is 27.6. The maximum atomic E-state index is 13.2. The number of ether oxygens (including phenoxy) is 1. The van der Waals surface area contributed by atoms with Gasteiger partial charge in [-0.1, -0.05) is 53.9 Å². The molecule has 1 N–H and O–H groups in total. The molecule has 0 spiro atoms. The van der Waals surface area contributed by atoms with Gasteiger partial charge in [0, 0.05) is 32.7 Å². The Morgan fingerprint density at radius 2 is 1.68 bits per heavy atom. The van der Waals surface area contributed by atoms with Gasteiger partial charge in [0.2, 0.25) is 5.91 Å². The lowest BCUT2D eigenvalue weighted by Crippen LogP contribution is -2.54. The van der Waals surface area contributed by atoms with Crippen LogP contribution in [0.25, 0.3) is 0 Å². The molecule has 0 aromatic heterocycles. The van der Waals surface area contributed by atoms with Crippen LogP contribution in [0, 0.1) is 0 Å². The van der Waals surface area contributed by atoms with E-state index in [2.05, 4.69) is 5.32 Å². The van der Waals surface area contributed by atoms with Gasteiger partial charge >= 0.3 is 0 Å². The number of carbonyl (C=O) groups is 2. The molecule has 0 unspecified atom stereocenters. The van der Waals surface area contributed by atoms with Crippen LogP contribution in [0.1, 0.15) is 39.7 Å². The average molecular weight is 486 g/mol. The normalized spacial score (nSPS) is 12.2. The van der Waals surface area contributed by atoms with Crippen molar-refractivity contribution >= 4 is 46.6 Å². The van der Waals surface area contributed by atoms with Gasteiger partial charge < -0.3 is 15.0 Å². The lowest BCUT2D eigenvalue weighted by molar-refractivity contribution is -0.143. The molecule has 2 aromatic carbocycles. The molecule has 31 heavy (non-hydrogen) atoms. The second kappa shape index (κ2) is 11.1. The smallest absolute Gasteiger partial charge is 0.261 e. The molecule has 0 fully saturated rings. The van der Waals surface area contributed by atoms with E-state index in [1.807, 2.05) is 27.7 Å². The molecule has 8 heteroatoms. The van der Waals surface area contributed by atoms with Crippen LogP contribution in [0.5, 0.6) is 5.75 Å². The molecular formula is C23H27Cl3N2O3. The van der Waals surface area contributed by atoms with Crippen LogP contribution in [0.3, 0.4) is 0 Å². The van der Waals surface area contributed by atoms with Crippen LogP contribution in [-0.4, -0.2) is 34.9 Å². The summed E-state index contributed by atoms with van der Waals surface area (Å²) in [6, 6.07) is 11.2. The minimum Gasteiger partial charge on any atom is -0.484 e. The van der Waals surface area contributed by atoms with Gasteiger partial charge in [-0.25, -0.2) is 0 Å². The van der Waals surface area contributed by atoms with Gasteiger partial charge in [-0.15, -0.1) is 0 Å². The summed E-state index contributed by atoms with van der Waals surface area (Å²) in [6.07, 6.45) is 0.410. The SMILES string of the molecule is CC[C@H](C(=O)NC(C)(C)C)N(Cc1c(Cl)cccc1Cl)C(=O)COc1cccc(Cl)c1. The monoisotopic (exact) mass is 484 g/mol. The minimum atomic E-state index is -0.720. The second-order valence-electron chi connectivity index (χ2n) is 8.13. The molecule has 2 aromatic rings. The van der Waals surface area contributed by atoms with E-state index in [1.165, 1.54) is 4.90 Å². The standard InChI is InChI=1S/C23H27Cl3N2O3/c1-5-20(22(30)27-23(2,3)4)28(13-17-18(25)10-7-11-19(17)26)21(29)14-31-16-9-6-8-15(24)12-16/h6-12,20H,5,13-14H2,1-4H3,(H,27,30)/t20-/m1/s1. The maximum absolute atomic E-state index is 13.2. The van der Waals surface area contributed by atoms with E-state index in [9.17, 15) is 9.59 Å². The number of rotatable bonds is 8. The number of halogens is 3. The van der Waals surface area contributed by atoms with Crippen LogP contribution in [0.2, 0.25) is 15.1 Å². The summed E-state index contributed by atoms with van der Waals surface area (Å²) in [5.74, 6) is -0.162. The highest BCUT2D eigenvalue weighted by Gasteiger charge is 2.31. The van der Waals surface area contributed by atoms with Gasteiger partial charge in [0.15, 0.2) is 6.61 Å². The summed E-state index contributed by atoms with van der Waals surface area (Å²) >= 11 is 18.7. The van der Waals surface area contributed by atoms with Gasteiger partial charge in [0.25, 0.3) is 5.91 Å². The molecule has 0 radical (unpaired) electrons. The quantitative estimate of drug-likeness (QED) is 0.518. The van der Waals surface area contributed by atoms with Gasteiger partial charge in [0.1, 0.15) is 11.8 Å². The molecule has 168 valence electrons. The number of nitrogens with zero attached hydrogens (tertiary/aromatic N) is 1. The van der Waals surface area contributed by atoms with E-state index in [1.54, 1.807) is 42.5 Å². The molecule has 0 heterocycles. The summed E-state index contributed by atoms with van der Waals surface area (Å²) < 4.78 is 5.63. The van der Waals surface area contributed by atoms with Crippen LogP contribution in [0.15, 0.2) is 42.5 Å². The molecule has 2 rings (SSSR count). The van der Waals surface area contributed by atoms with E-state index >= 15 is 0 Å². The second-order valence-corrected chi connectivity index (χ2v) is 9.38. The summed E-state index contributed by atoms with van der Waals surface area (Å²) in [6.45, 7) is 7.32. The van der Waals surface area contributed by atoms with Crippen molar-refractivity contribution in [3.63, 3.8) is 0 Å². The topological polar surface area (TPSA) is 58.6 Å². The first-order valence-corrected chi connectivity index (χ1v) is 11.1. The van der Waals surface area contributed by atoms with Crippen molar-refractivity contribution in [3.8, 4) is 5.75 Å². The Balaban J connectivity index is 2.31. The minimum absolute atomic E-state index is 0.0757. The first-order chi connectivity index (χ1) is 14.5. The van der Waals surface area contributed by atoms with Crippen molar-refractivity contribution in [2.45, 2.75) is 52.2 Å². The first kappa shape index (κ1) is 25.3. The average Bonchev–Trinajstić information content (AvgIpc) is 2.67. The highest BCUT2D eigenvalue weighted by molar-refractivity contribution is 6.36. The van der Waals surface area contributed by atoms with Crippen LogP contribution < -0.4 is 10.1 Å². The Kier molecular flexibility index (Phi) is 9.04. The number of benzene rings is 2. The third-order valence-corrected chi connectivity index (χ3v) is 5.38. The van der Waals surface area contributed by atoms with Crippen molar-refractivity contribution in [1.82, 2.24) is 10.2 Å². The zero-order valence-electron chi connectivity index (χ0n) is 18.0. The number of amides is 2. The zero-order valence-corrected chi connectivity index (χ0v) is 20.3. The molecule has 5 nitrogen and oxygen atoms in total. The fourth-order valence-electron chi connectivity index (χ4n) is 3.01. The van der Waals surface area contributed by atoms with Crippen LogP contribution >= 0.6 is 34.8 Å².